The Morgan fingerprint density at radius 3 is 1.49 bits per heavy atom. The molecule has 0 radical (unpaired) electrons. The number of hydrogen-bond acceptors (Lipinski definition) is 3. The van der Waals surface area contributed by atoms with Gasteiger partial charge in [0, 0.05) is 17.3 Å². The van der Waals surface area contributed by atoms with Gasteiger partial charge in [-0.25, -0.2) is 9.97 Å². The van der Waals surface area contributed by atoms with Gasteiger partial charge in [0.05, 0.1) is 22.5 Å². The second-order valence-electron chi connectivity index (χ2n) is 15.5. The van der Waals surface area contributed by atoms with Crippen molar-refractivity contribution in [2.45, 2.75) is 5.41 Å². The highest BCUT2D eigenvalue weighted by molar-refractivity contribution is 5.99. The van der Waals surface area contributed by atoms with Crippen molar-refractivity contribution in [2.24, 2.45) is 0 Å². The Hall–Kier alpha value is -7.75. The maximum Gasteiger partial charge on any atom is 0.160 e. The molecule has 2 aliphatic carbocycles. The average Bonchev–Trinajstić information content (AvgIpc) is 3.56. The summed E-state index contributed by atoms with van der Waals surface area (Å²) < 4.78 is 0. The number of pyridine rings is 1. The van der Waals surface area contributed by atoms with E-state index in [4.69, 9.17) is 15.0 Å². The van der Waals surface area contributed by atoms with Crippen LogP contribution < -0.4 is 0 Å². The number of nitrogens with zero attached hydrogens (tertiary/aromatic N) is 3. The molecule has 0 amide bonds. The quantitative estimate of drug-likeness (QED) is 0.180. The zero-order valence-electron chi connectivity index (χ0n) is 32.0. The molecule has 0 saturated heterocycles. The Morgan fingerprint density at radius 1 is 0.305 bits per heavy atom. The first-order valence-corrected chi connectivity index (χ1v) is 20.2. The lowest BCUT2D eigenvalue weighted by Crippen LogP contribution is -2.29. The van der Waals surface area contributed by atoms with Crippen LogP contribution >= 0.6 is 0 Å². The fraction of sp³-hybridized carbons (Fsp3) is 0.0179. The molecule has 0 saturated carbocycles. The van der Waals surface area contributed by atoms with Crippen LogP contribution in [-0.4, -0.2) is 15.0 Å². The summed E-state index contributed by atoms with van der Waals surface area (Å²) in [5, 5.41) is 2.47. The molecule has 3 heteroatoms. The lowest BCUT2D eigenvalue weighted by atomic mass is 9.65. The van der Waals surface area contributed by atoms with Gasteiger partial charge in [-0.3, -0.25) is 4.98 Å². The predicted octanol–water partition coefficient (Wildman–Crippen LogP) is 13.7. The van der Waals surface area contributed by atoms with Crippen LogP contribution in [0.2, 0.25) is 0 Å². The highest BCUT2D eigenvalue weighted by atomic mass is 14.9. The van der Waals surface area contributed by atoms with E-state index in [0.29, 0.717) is 5.82 Å². The molecule has 0 unspecified atom stereocenters. The summed E-state index contributed by atoms with van der Waals surface area (Å²) in [4.78, 5) is 15.4. The maximum absolute atomic E-state index is 5.38. The molecular formula is C56H35N3. The van der Waals surface area contributed by atoms with Gasteiger partial charge in [0.25, 0.3) is 0 Å². The molecule has 2 aromatic heterocycles. The van der Waals surface area contributed by atoms with E-state index < -0.39 is 5.41 Å². The lowest BCUT2D eigenvalue weighted by Gasteiger charge is -2.35. The number of fused-ring (bicyclic) bond motifs is 13. The molecule has 2 aliphatic rings. The Balaban J connectivity index is 1.10. The van der Waals surface area contributed by atoms with Crippen LogP contribution in [0.3, 0.4) is 0 Å². The van der Waals surface area contributed by atoms with Crippen LogP contribution in [0.4, 0.5) is 0 Å². The van der Waals surface area contributed by atoms with Crippen molar-refractivity contribution in [1.29, 1.82) is 0 Å². The highest BCUT2D eigenvalue weighted by Crippen LogP contribution is 2.61. The van der Waals surface area contributed by atoms with Gasteiger partial charge >= 0.3 is 0 Å². The third kappa shape index (κ3) is 5.05. The highest BCUT2D eigenvalue weighted by Gasteiger charge is 2.49. The van der Waals surface area contributed by atoms with E-state index in [9.17, 15) is 0 Å². The molecule has 12 rings (SSSR count). The Labute approximate surface area is 343 Å². The molecule has 0 fully saturated rings. The van der Waals surface area contributed by atoms with Crippen LogP contribution in [-0.2, 0) is 5.41 Å². The second-order valence-corrected chi connectivity index (χ2v) is 15.5. The van der Waals surface area contributed by atoms with Gasteiger partial charge < -0.3 is 0 Å². The van der Waals surface area contributed by atoms with Crippen molar-refractivity contribution in [1.82, 2.24) is 15.0 Å². The summed E-state index contributed by atoms with van der Waals surface area (Å²) in [6, 6.07) is 74.5. The maximum atomic E-state index is 5.38. The molecule has 274 valence electrons. The van der Waals surface area contributed by atoms with Crippen LogP contribution in [0, 0.1) is 0 Å². The molecule has 8 aromatic carbocycles. The lowest BCUT2D eigenvalue weighted by molar-refractivity contribution is 0.775. The second kappa shape index (κ2) is 13.2. The first-order chi connectivity index (χ1) is 29.3. The molecule has 0 bridgehead atoms. The summed E-state index contributed by atoms with van der Waals surface area (Å²) in [6.45, 7) is 0. The van der Waals surface area contributed by atoms with Gasteiger partial charge in [0.2, 0.25) is 0 Å². The van der Waals surface area contributed by atoms with Crippen molar-refractivity contribution >= 4 is 10.8 Å². The molecule has 3 nitrogen and oxygen atoms in total. The average molecular weight is 750 g/mol. The van der Waals surface area contributed by atoms with Gasteiger partial charge in [-0.2, -0.15) is 0 Å². The summed E-state index contributed by atoms with van der Waals surface area (Å²) in [7, 11) is 0. The van der Waals surface area contributed by atoms with Crippen molar-refractivity contribution in [3.8, 4) is 78.5 Å². The van der Waals surface area contributed by atoms with Gasteiger partial charge in [-0.15, -0.1) is 0 Å². The molecule has 10 aromatic rings. The van der Waals surface area contributed by atoms with E-state index in [1.165, 1.54) is 77.5 Å². The molecule has 0 aliphatic heterocycles. The van der Waals surface area contributed by atoms with Crippen LogP contribution in [0.1, 0.15) is 22.3 Å². The van der Waals surface area contributed by atoms with E-state index >= 15 is 0 Å². The fourth-order valence-electron chi connectivity index (χ4n) is 9.85. The topological polar surface area (TPSA) is 38.7 Å². The third-order valence-electron chi connectivity index (χ3n) is 12.4. The molecule has 59 heavy (non-hydrogen) atoms. The summed E-state index contributed by atoms with van der Waals surface area (Å²) in [5.74, 6) is 0.657. The Kier molecular flexibility index (Phi) is 7.45. The van der Waals surface area contributed by atoms with E-state index in [2.05, 4.69) is 188 Å². The van der Waals surface area contributed by atoms with Crippen molar-refractivity contribution in [2.75, 3.05) is 0 Å². The number of benzene rings is 8. The molecule has 2 heterocycles. The minimum atomic E-state index is -0.590. The minimum Gasteiger partial charge on any atom is -0.255 e. The van der Waals surface area contributed by atoms with Gasteiger partial charge in [-0.1, -0.05) is 182 Å². The summed E-state index contributed by atoms with van der Waals surface area (Å²) in [5.41, 5.74) is 18.7. The largest absolute Gasteiger partial charge is 0.255 e. The van der Waals surface area contributed by atoms with E-state index in [1.807, 2.05) is 24.4 Å². The molecule has 0 N–H and O–H groups in total. The number of aromatic nitrogens is 3. The summed E-state index contributed by atoms with van der Waals surface area (Å²) >= 11 is 0. The Morgan fingerprint density at radius 2 is 0.814 bits per heavy atom. The SMILES string of the molecule is c1ccc(-c2cc(-c3ccc(-c4cccc5ccccc45)cc3)nc(-c3ccc4c(c3)C3(c5ccccc5-c5ccccc5-4)c4ccccc4-c4ccccc43)n2)nc1. The summed E-state index contributed by atoms with van der Waals surface area (Å²) in [6.07, 6.45) is 1.83. The molecular weight excluding hydrogens is 715 g/mol. The number of rotatable bonds is 4. The van der Waals surface area contributed by atoms with Crippen molar-refractivity contribution in [3.63, 3.8) is 0 Å². The van der Waals surface area contributed by atoms with Crippen LogP contribution in [0.15, 0.2) is 212 Å². The van der Waals surface area contributed by atoms with Crippen LogP contribution in [0.25, 0.3) is 89.3 Å². The van der Waals surface area contributed by atoms with Crippen molar-refractivity contribution in [3.05, 3.63) is 235 Å². The monoisotopic (exact) mass is 749 g/mol. The number of hydrogen-bond donors (Lipinski definition) is 0. The zero-order chi connectivity index (χ0) is 38.9. The molecule has 0 atom stereocenters. The van der Waals surface area contributed by atoms with Gasteiger partial charge in [-0.05, 0) is 102 Å². The van der Waals surface area contributed by atoms with Crippen molar-refractivity contribution < 1.29 is 0 Å². The van der Waals surface area contributed by atoms with E-state index in [0.717, 1.165) is 28.2 Å². The minimum absolute atomic E-state index is 0.590. The van der Waals surface area contributed by atoms with E-state index in [1.54, 1.807) is 0 Å². The van der Waals surface area contributed by atoms with E-state index in [-0.39, 0.29) is 0 Å². The zero-order valence-corrected chi connectivity index (χ0v) is 32.0. The third-order valence-corrected chi connectivity index (χ3v) is 12.4. The Bertz CT molecular complexity index is 3220. The van der Waals surface area contributed by atoms with Gasteiger partial charge in [0.1, 0.15) is 0 Å². The standard InChI is InChI=1S/C56H35N3/c1-2-16-40-36(14-1)15-13-22-41(40)37-27-29-38(30-28-37)53-35-54(52-26-11-12-33-57-52)59-55(58-53)39-31-32-47-43-18-4-3-17-42(43)44-19-5-8-23-48(44)56(51(47)34-39)49-24-9-6-20-45(49)46-21-7-10-25-50(46)56/h1-35H. The first kappa shape index (κ1) is 33.4. The fourth-order valence-corrected chi connectivity index (χ4v) is 9.85. The normalized spacial score (nSPS) is 12.9. The van der Waals surface area contributed by atoms with Gasteiger partial charge in [0.15, 0.2) is 5.82 Å². The predicted molar refractivity (Wildman–Crippen MR) is 241 cm³/mol. The first-order valence-electron chi connectivity index (χ1n) is 20.2. The van der Waals surface area contributed by atoms with Crippen LogP contribution in [0.5, 0.6) is 0 Å². The molecule has 1 spiro atoms. The smallest absolute Gasteiger partial charge is 0.160 e.